The van der Waals surface area contributed by atoms with Gasteiger partial charge >= 0.3 is 0 Å². The lowest BCUT2D eigenvalue weighted by atomic mass is 9.84. The minimum atomic E-state index is -0.635. The van der Waals surface area contributed by atoms with Gasteiger partial charge in [-0.25, -0.2) is 0 Å². The third-order valence-corrected chi connectivity index (χ3v) is 4.56. The average Bonchev–Trinajstić information content (AvgIpc) is 2.71. The molecule has 0 radical (unpaired) electrons. The summed E-state index contributed by atoms with van der Waals surface area (Å²) >= 11 is 0. The molecule has 0 fully saturated rings. The Bertz CT molecular complexity index is 835. The van der Waals surface area contributed by atoms with Crippen LogP contribution in [0.5, 0.6) is 34.5 Å². The van der Waals surface area contributed by atoms with Gasteiger partial charge in [-0.15, -0.1) is 0 Å². The predicted molar refractivity (Wildman–Crippen MR) is 98.0 cm³/mol. The Balaban J connectivity index is 2.25. The molecule has 0 N–H and O–H groups in total. The molecule has 144 valence electrons. The number of rotatable bonds is 6. The van der Waals surface area contributed by atoms with Crippen LogP contribution in [0.3, 0.4) is 0 Å². The van der Waals surface area contributed by atoms with Crippen molar-refractivity contribution >= 4 is 5.78 Å². The van der Waals surface area contributed by atoms with Gasteiger partial charge in [0.25, 0.3) is 0 Å². The molecule has 1 aliphatic rings. The summed E-state index contributed by atoms with van der Waals surface area (Å²) in [6.45, 7) is -0.0640. The highest BCUT2D eigenvalue weighted by atomic mass is 16.5. The van der Waals surface area contributed by atoms with Crippen LogP contribution in [0.1, 0.15) is 17.0 Å². The molecule has 3 rings (SSSR count). The van der Waals surface area contributed by atoms with E-state index in [0.717, 1.165) is 0 Å². The van der Waals surface area contributed by atoms with Crippen molar-refractivity contribution in [3.8, 4) is 34.5 Å². The number of carbonyl (C=O) groups excluding carboxylic acids is 1. The second-order valence-corrected chi connectivity index (χ2v) is 5.88. The highest BCUT2D eigenvalue weighted by Crippen LogP contribution is 2.48. The van der Waals surface area contributed by atoms with E-state index in [4.69, 9.17) is 28.4 Å². The number of methoxy groups -OCH3 is 5. The van der Waals surface area contributed by atoms with E-state index < -0.39 is 5.92 Å². The van der Waals surface area contributed by atoms with E-state index in [2.05, 4.69) is 0 Å². The molecule has 0 bridgehead atoms. The Morgan fingerprint density at radius 2 is 1.33 bits per heavy atom. The predicted octanol–water partition coefficient (Wildman–Crippen LogP) is 2.82. The van der Waals surface area contributed by atoms with Crippen LogP contribution in [0.25, 0.3) is 0 Å². The van der Waals surface area contributed by atoms with Crippen LogP contribution in [-0.4, -0.2) is 47.9 Å². The Labute approximate surface area is 157 Å². The first-order valence-electron chi connectivity index (χ1n) is 8.29. The van der Waals surface area contributed by atoms with Gasteiger partial charge in [0.15, 0.2) is 17.3 Å². The number of ketones is 1. The molecule has 0 amide bonds. The van der Waals surface area contributed by atoms with Gasteiger partial charge in [0.05, 0.1) is 47.0 Å². The number of ether oxygens (including phenoxy) is 6. The molecule has 1 atom stereocenters. The molecule has 0 spiro atoms. The highest BCUT2D eigenvalue weighted by Gasteiger charge is 2.36. The molecule has 7 nitrogen and oxygen atoms in total. The molecule has 7 heteroatoms. The number of hydrogen-bond donors (Lipinski definition) is 0. The number of carbonyl (C=O) groups is 1. The summed E-state index contributed by atoms with van der Waals surface area (Å²) < 4.78 is 32.7. The number of fused-ring (bicyclic) bond motifs is 1. The Morgan fingerprint density at radius 1 is 0.778 bits per heavy atom. The van der Waals surface area contributed by atoms with E-state index in [0.29, 0.717) is 45.6 Å². The zero-order valence-electron chi connectivity index (χ0n) is 16.0. The van der Waals surface area contributed by atoms with Crippen molar-refractivity contribution in [2.45, 2.75) is 5.92 Å². The first-order valence-corrected chi connectivity index (χ1v) is 8.29. The monoisotopic (exact) mass is 374 g/mol. The van der Waals surface area contributed by atoms with E-state index in [1.165, 1.54) is 14.2 Å². The fraction of sp³-hybridized carbons (Fsp3) is 0.350. The number of Topliss-reactive ketones (excluding diaryl/α,β-unsaturated/α-hetero) is 1. The lowest BCUT2D eigenvalue weighted by molar-refractivity contribution is -0.122. The SMILES string of the molecule is COc1cc(OC)c(C2C(=O)COc3cc(OC)c(OC)cc32)c(OC)c1. The van der Waals surface area contributed by atoms with Gasteiger partial charge in [0.2, 0.25) is 0 Å². The van der Waals surface area contributed by atoms with Crippen molar-refractivity contribution in [1.82, 2.24) is 0 Å². The molecule has 27 heavy (non-hydrogen) atoms. The number of hydrogen-bond acceptors (Lipinski definition) is 7. The van der Waals surface area contributed by atoms with Crippen molar-refractivity contribution in [3.05, 3.63) is 35.4 Å². The van der Waals surface area contributed by atoms with Gasteiger partial charge in [-0.3, -0.25) is 4.79 Å². The summed E-state index contributed by atoms with van der Waals surface area (Å²) in [5, 5.41) is 0. The normalized spacial score (nSPS) is 15.4. The standard InChI is InChI=1S/C20H22O7/c1-22-11-6-17(25-4)20(18(7-11)26-5)19-12-8-15(23-2)16(24-3)9-14(12)27-10-13(19)21/h6-9,19H,10H2,1-5H3. The van der Waals surface area contributed by atoms with Crippen molar-refractivity contribution in [1.29, 1.82) is 0 Å². The molecule has 0 saturated carbocycles. The maximum atomic E-state index is 12.9. The smallest absolute Gasteiger partial charge is 0.182 e. The Kier molecular flexibility index (Phi) is 5.30. The second-order valence-electron chi connectivity index (χ2n) is 5.88. The van der Waals surface area contributed by atoms with Crippen LogP contribution >= 0.6 is 0 Å². The Morgan fingerprint density at radius 3 is 1.85 bits per heavy atom. The maximum Gasteiger partial charge on any atom is 0.182 e. The fourth-order valence-corrected chi connectivity index (χ4v) is 3.27. The van der Waals surface area contributed by atoms with Gasteiger partial charge in [-0.1, -0.05) is 0 Å². The van der Waals surface area contributed by atoms with Crippen LogP contribution in [0.15, 0.2) is 24.3 Å². The summed E-state index contributed by atoms with van der Waals surface area (Å²) in [5.74, 6) is 2.39. The zero-order chi connectivity index (χ0) is 19.6. The van der Waals surface area contributed by atoms with E-state index >= 15 is 0 Å². The van der Waals surface area contributed by atoms with Crippen LogP contribution in [-0.2, 0) is 4.79 Å². The van der Waals surface area contributed by atoms with Gasteiger partial charge in [0, 0.05) is 23.8 Å². The molecule has 0 aliphatic carbocycles. The minimum absolute atomic E-state index is 0.0640. The molecule has 1 aliphatic heterocycles. The van der Waals surface area contributed by atoms with Crippen molar-refractivity contribution in [2.75, 3.05) is 42.2 Å². The lowest BCUT2D eigenvalue weighted by Gasteiger charge is -2.28. The summed E-state index contributed by atoms with van der Waals surface area (Å²) in [4.78, 5) is 12.9. The zero-order valence-corrected chi connectivity index (χ0v) is 16.0. The topological polar surface area (TPSA) is 72.5 Å². The fourth-order valence-electron chi connectivity index (χ4n) is 3.27. The molecular formula is C20H22O7. The van der Waals surface area contributed by atoms with Crippen molar-refractivity contribution in [2.24, 2.45) is 0 Å². The van der Waals surface area contributed by atoms with E-state index in [9.17, 15) is 4.79 Å². The van der Waals surface area contributed by atoms with Crippen molar-refractivity contribution in [3.63, 3.8) is 0 Å². The highest BCUT2D eigenvalue weighted by molar-refractivity contribution is 5.94. The van der Waals surface area contributed by atoms with E-state index in [1.807, 2.05) is 0 Å². The molecule has 2 aromatic carbocycles. The summed E-state index contributed by atoms with van der Waals surface area (Å²) in [6, 6.07) is 6.91. The van der Waals surface area contributed by atoms with Crippen LogP contribution in [0.2, 0.25) is 0 Å². The second kappa shape index (κ2) is 7.65. The molecule has 1 unspecified atom stereocenters. The summed E-state index contributed by atoms with van der Waals surface area (Å²) in [7, 11) is 7.72. The van der Waals surface area contributed by atoms with Gasteiger partial charge < -0.3 is 28.4 Å². The third kappa shape index (κ3) is 3.20. The Hall–Kier alpha value is -3.09. The minimum Gasteiger partial charge on any atom is -0.496 e. The molecule has 0 aromatic heterocycles. The maximum absolute atomic E-state index is 12.9. The third-order valence-electron chi connectivity index (χ3n) is 4.56. The first kappa shape index (κ1) is 18.7. The first-order chi connectivity index (χ1) is 13.1. The molecule has 0 saturated heterocycles. The summed E-state index contributed by atoms with van der Waals surface area (Å²) in [5.41, 5.74) is 1.27. The van der Waals surface area contributed by atoms with Crippen LogP contribution in [0.4, 0.5) is 0 Å². The van der Waals surface area contributed by atoms with Gasteiger partial charge in [-0.2, -0.15) is 0 Å². The van der Waals surface area contributed by atoms with Crippen molar-refractivity contribution < 1.29 is 33.2 Å². The van der Waals surface area contributed by atoms with E-state index in [-0.39, 0.29) is 12.4 Å². The molecule has 2 aromatic rings. The molecule has 1 heterocycles. The lowest BCUT2D eigenvalue weighted by Crippen LogP contribution is -2.27. The van der Waals surface area contributed by atoms with Crippen LogP contribution < -0.4 is 28.4 Å². The largest absolute Gasteiger partial charge is 0.496 e. The van der Waals surface area contributed by atoms with Gasteiger partial charge in [-0.05, 0) is 6.07 Å². The summed E-state index contributed by atoms with van der Waals surface area (Å²) in [6.07, 6.45) is 0. The van der Waals surface area contributed by atoms with E-state index in [1.54, 1.807) is 45.6 Å². The average molecular weight is 374 g/mol. The molecular weight excluding hydrogens is 352 g/mol. The van der Waals surface area contributed by atoms with Crippen LogP contribution in [0, 0.1) is 0 Å². The van der Waals surface area contributed by atoms with Gasteiger partial charge in [0.1, 0.15) is 29.6 Å². The quantitative estimate of drug-likeness (QED) is 0.770. The number of benzene rings is 2.